The van der Waals surface area contributed by atoms with Crippen molar-refractivity contribution in [3.63, 3.8) is 0 Å². The molecule has 2 aliphatic rings. The summed E-state index contributed by atoms with van der Waals surface area (Å²) in [7, 11) is 6.48. The second kappa shape index (κ2) is 37.9. The number of halogens is 2. The Hall–Kier alpha value is -16.3. The van der Waals surface area contributed by atoms with Gasteiger partial charge in [-0.3, -0.25) is 24.6 Å². The number of rotatable bonds is 21. The normalized spacial score (nSPS) is 13.0. The number of carbonyl (C=O) groups is 1. The Morgan fingerprint density at radius 1 is 0.511 bits per heavy atom. The Labute approximate surface area is 778 Å². The third-order valence-electron chi connectivity index (χ3n) is 22.2. The van der Waals surface area contributed by atoms with E-state index in [9.17, 15) is 9.18 Å². The molecular weight excluding hydrogens is 1760 g/mol. The van der Waals surface area contributed by atoms with Crippen molar-refractivity contribution in [2.45, 2.75) is 104 Å². The second-order valence-electron chi connectivity index (χ2n) is 33.2. The first-order valence-electron chi connectivity index (χ1n) is 43.0. The van der Waals surface area contributed by atoms with Crippen LogP contribution in [-0.4, -0.2) is 178 Å². The number of nitrogens with zero attached hydrogens (tertiary/aromatic N) is 24. The molecule has 35 nitrogen and oxygen atoms in total. The van der Waals surface area contributed by atoms with Gasteiger partial charge in [0.1, 0.15) is 94.0 Å². The minimum Gasteiger partial charge on any atom is -0.497 e. The molecule has 0 bridgehead atoms. The van der Waals surface area contributed by atoms with Crippen LogP contribution in [0.15, 0.2) is 225 Å². The molecule has 2 aliphatic heterocycles. The quantitative estimate of drug-likeness (QED) is 0.0698. The summed E-state index contributed by atoms with van der Waals surface area (Å²) in [5, 5.41) is 65.8. The summed E-state index contributed by atoms with van der Waals surface area (Å²) in [6, 6.07) is 54.0. The maximum absolute atomic E-state index is 13.8. The van der Waals surface area contributed by atoms with Gasteiger partial charge in [-0.15, -0.1) is 52.1 Å². The van der Waals surface area contributed by atoms with Gasteiger partial charge < -0.3 is 52.8 Å². The lowest BCUT2D eigenvalue weighted by Gasteiger charge is -2.33. The number of methoxy groups -OCH3 is 4. The number of nitrogens with one attached hydrogen (secondary N) is 1. The molecule has 1 N–H and O–H groups in total. The zero-order valence-electron chi connectivity index (χ0n) is 74.8. The van der Waals surface area contributed by atoms with Crippen LogP contribution < -0.4 is 43.2 Å². The lowest BCUT2D eigenvalue weighted by atomic mass is 10.0. The number of hydrogen-bond donors (Lipinski definition) is 1. The number of fused-ring (bicyclic) bond motifs is 9. The van der Waals surface area contributed by atoms with Crippen LogP contribution in [0.1, 0.15) is 87.9 Å². The number of hydrogen-bond acceptors (Lipinski definition) is 30. The summed E-state index contributed by atoms with van der Waals surface area (Å²) < 4.78 is 73.4. The van der Waals surface area contributed by atoms with Crippen molar-refractivity contribution < 1.29 is 51.8 Å². The van der Waals surface area contributed by atoms with Crippen LogP contribution in [0.2, 0.25) is 5.02 Å². The van der Waals surface area contributed by atoms with E-state index in [1.54, 1.807) is 118 Å². The third kappa shape index (κ3) is 19.6. The molecule has 0 atom stereocenters. The highest BCUT2D eigenvalue weighted by Gasteiger charge is 2.32. The van der Waals surface area contributed by atoms with Crippen molar-refractivity contribution in [2.24, 2.45) is 0 Å². The minimum absolute atomic E-state index is 0.132. The number of thiophene rings is 1. The summed E-state index contributed by atoms with van der Waals surface area (Å²) in [4.78, 5) is 37.3. The van der Waals surface area contributed by atoms with Gasteiger partial charge in [0.15, 0.2) is 45.9 Å². The summed E-state index contributed by atoms with van der Waals surface area (Å²) >= 11 is 7.66. The number of amides is 1. The molecule has 1 fully saturated rings. The Bertz CT molecular complexity index is 7790. The van der Waals surface area contributed by atoms with E-state index >= 15 is 0 Å². The number of pyridine rings is 5. The predicted octanol–water partition coefficient (Wildman–Crippen LogP) is 17.8. The van der Waals surface area contributed by atoms with Crippen molar-refractivity contribution in [3.8, 4) is 90.3 Å². The Morgan fingerprint density at radius 2 is 0.993 bits per heavy atom. The predicted molar refractivity (Wildman–Crippen MR) is 504 cm³/mol. The van der Waals surface area contributed by atoms with Gasteiger partial charge in [0.05, 0.1) is 103 Å². The fraction of sp³-hybridized carbons (Fsp3) is 0.227. The maximum atomic E-state index is 13.8. The maximum Gasteiger partial charge on any atom is 0.410 e. The van der Waals surface area contributed by atoms with E-state index in [2.05, 4.69) is 132 Å². The first-order valence-corrected chi connectivity index (χ1v) is 44.3. The smallest absolute Gasteiger partial charge is 0.410 e. The lowest BCUT2D eigenvalue weighted by Crippen LogP contribution is -2.42. The van der Waals surface area contributed by atoms with Gasteiger partial charge in [0.2, 0.25) is 0 Å². The number of benzene rings is 5. The molecule has 38 heteroatoms. The number of carbonyl (C=O) groups excluding carboxylic acids is 1. The first-order chi connectivity index (χ1) is 65.6. The van der Waals surface area contributed by atoms with Crippen LogP contribution in [0.25, 0.3) is 111 Å². The molecule has 1 saturated heterocycles. The van der Waals surface area contributed by atoms with Gasteiger partial charge in [-0.25, -0.2) is 14.2 Å². The number of likely N-dealkylation sites (tertiary alicyclic amines) is 1. The molecule has 0 radical (unpaired) electrons. The zero-order valence-corrected chi connectivity index (χ0v) is 76.4. The standard InChI is InChI=1S/C29H32N8O4.C26H23N5O3.C22H15ClFN5O2.C20H17N7OS/c1-29(2,3)41-28(38)35-13-10-20(11-14-35)36-17-19(16-31-36)23-7-8-26-32-33-27(37(26)34-23)18-40-25-9-12-30-24-15-21(39-4)5-6-22(24)25;1-26(2)14-17-5-4-16(12-23(17)34-26)20-8-9-24-28-29-25(31(24)30-20)15-33-22-10-11-27-21-13-18(32-3)6-7-19(21)22;1-30-16-2-3-17-19(11-16)25-7-6-20(17)31-12-22-27-26-21-5-4-18(28-29(21)22)13-8-14(23)10-15(24)9-13;1-12-7-17(29-11-12)14-3-4-18-24-25-19(27(18)26-14)10-22-15-5-6-21-16-8-13(28-2)9-23-20(15)16/h5-9,12,15-17,20H,10-11,13-14,18H2,1-4H3;4-13H,14-15H2,1-3H3;2-11H,12H2,1H3;3-9,11H,10H2,1-2H3,(H,21,22). The van der Waals surface area contributed by atoms with Gasteiger partial charge in [0.25, 0.3) is 0 Å². The molecule has 0 saturated carbocycles. The fourth-order valence-corrected chi connectivity index (χ4v) is 16.6. The summed E-state index contributed by atoms with van der Waals surface area (Å²) in [5.41, 5.74) is 14.4. The fourth-order valence-electron chi connectivity index (χ4n) is 15.6. The number of ether oxygens (including phenoxy) is 9. The number of anilines is 1. The van der Waals surface area contributed by atoms with E-state index in [1.165, 1.54) is 23.3 Å². The van der Waals surface area contributed by atoms with Gasteiger partial charge in [-0.05, 0) is 210 Å². The molecule has 135 heavy (non-hydrogen) atoms. The minimum atomic E-state index is -0.502. The van der Waals surface area contributed by atoms with E-state index in [-0.39, 0.29) is 37.6 Å². The number of aryl methyl sites for hydroxylation is 1. The topological polar surface area (TPSA) is 370 Å². The van der Waals surface area contributed by atoms with Crippen molar-refractivity contribution in [2.75, 3.05) is 46.8 Å². The van der Waals surface area contributed by atoms with Crippen LogP contribution in [0.5, 0.6) is 46.0 Å². The average Bonchev–Trinajstić information content (AvgIpc) is 1.68. The Balaban J connectivity index is 0.000000117. The van der Waals surface area contributed by atoms with Crippen molar-refractivity contribution in [1.82, 2.24) is 119 Å². The van der Waals surface area contributed by atoms with E-state index in [4.69, 9.17) is 69.5 Å². The van der Waals surface area contributed by atoms with E-state index in [0.29, 0.717) is 105 Å². The highest BCUT2D eigenvalue weighted by molar-refractivity contribution is 7.13. The lowest BCUT2D eigenvalue weighted by molar-refractivity contribution is 0.0184. The molecule has 17 heterocycles. The summed E-state index contributed by atoms with van der Waals surface area (Å²) in [6.07, 6.45) is 14.6. The van der Waals surface area contributed by atoms with E-state index in [0.717, 1.165) is 125 Å². The number of piperidine rings is 1. The van der Waals surface area contributed by atoms with Crippen LogP contribution >= 0.6 is 22.9 Å². The second-order valence-corrected chi connectivity index (χ2v) is 34.6. The molecule has 680 valence electrons. The first kappa shape index (κ1) is 88.0. The molecule has 0 aliphatic carbocycles. The van der Waals surface area contributed by atoms with E-state index < -0.39 is 11.4 Å². The molecule has 22 rings (SSSR count). The van der Waals surface area contributed by atoms with Crippen LogP contribution in [0.4, 0.5) is 14.9 Å². The molecule has 0 spiro atoms. The highest BCUT2D eigenvalue weighted by atomic mass is 35.5. The molecule has 1 amide bonds. The average molecular weight is 1850 g/mol. The molecule has 0 unspecified atom stereocenters. The summed E-state index contributed by atoms with van der Waals surface area (Å²) in [6.45, 7) is 14.1. The van der Waals surface area contributed by atoms with Gasteiger partial charge >= 0.3 is 6.09 Å². The van der Waals surface area contributed by atoms with Gasteiger partial charge in [-0.2, -0.15) is 43.6 Å². The van der Waals surface area contributed by atoms with Crippen LogP contribution in [-0.2, 0) is 37.5 Å². The van der Waals surface area contributed by atoms with Crippen molar-refractivity contribution >= 4 is 101 Å². The van der Waals surface area contributed by atoms with Gasteiger partial charge in [0, 0.05) is 113 Å². The third-order valence-corrected chi connectivity index (χ3v) is 23.5. The van der Waals surface area contributed by atoms with Crippen molar-refractivity contribution in [1.29, 1.82) is 0 Å². The molecule has 20 aromatic rings. The number of aromatic nitrogens is 23. The molecule has 5 aromatic carbocycles. The monoisotopic (exact) mass is 1850 g/mol. The summed E-state index contributed by atoms with van der Waals surface area (Å²) in [5.74, 6) is 7.79. The molecule has 15 aromatic heterocycles. The largest absolute Gasteiger partial charge is 0.497 e. The highest BCUT2D eigenvalue weighted by Crippen LogP contribution is 2.39. The zero-order chi connectivity index (χ0) is 93.0. The van der Waals surface area contributed by atoms with Crippen molar-refractivity contribution in [3.05, 3.63) is 270 Å². The van der Waals surface area contributed by atoms with Gasteiger partial charge in [-0.1, -0.05) is 23.7 Å². The van der Waals surface area contributed by atoms with Crippen LogP contribution in [0.3, 0.4) is 0 Å². The SMILES string of the molecule is COc1ccc2c(OCc3nnc4ccc(-c5cc(F)cc(Cl)c5)nn34)ccnc2c1.COc1ccc2c(OCc3nnc4ccc(-c5ccc6c(c5)OC(C)(C)C6)nn34)ccnc2c1.COc1ccc2c(OCc3nnc4ccc(-c5cnn(C6CCN(C(=O)OC(C)(C)C)CC6)c5)nn34)ccnc2c1.COc1cnc2c(NCc3nnc4ccc(-c5cc(C)cs5)nn34)ccnc2c1. The Kier molecular flexibility index (Phi) is 24.7. The van der Waals surface area contributed by atoms with Crippen LogP contribution in [0, 0.1) is 12.7 Å². The Morgan fingerprint density at radius 3 is 1.50 bits per heavy atom. The molecular formula is C97H87ClFN25O10S. The van der Waals surface area contributed by atoms with E-state index in [1.807, 2.05) is 153 Å².